The summed E-state index contributed by atoms with van der Waals surface area (Å²) in [5.74, 6) is 0.424. The molecule has 3 aromatic carbocycles. The number of aromatic nitrogens is 2. The van der Waals surface area contributed by atoms with Crippen LogP contribution in [-0.2, 0) is 10.0 Å². The van der Waals surface area contributed by atoms with E-state index in [1.807, 2.05) is 19.1 Å². The van der Waals surface area contributed by atoms with Gasteiger partial charge in [-0.05, 0) is 88.8 Å². The number of anilines is 5. The van der Waals surface area contributed by atoms with Crippen LogP contribution in [0.2, 0.25) is 0 Å². The third-order valence-corrected chi connectivity index (χ3v) is 8.81. The summed E-state index contributed by atoms with van der Waals surface area (Å²) >= 11 is 0. The third kappa shape index (κ3) is 7.67. The first-order valence-corrected chi connectivity index (χ1v) is 15.7. The van der Waals surface area contributed by atoms with Crippen molar-refractivity contribution in [2.45, 2.75) is 38.1 Å². The number of hydrogen-bond donors (Lipinski definition) is 3. The van der Waals surface area contributed by atoms with Crippen molar-refractivity contribution in [3.05, 3.63) is 84.3 Å². The standard InChI is InChI=1S/C32H38FN7O2S/c1-22-21-34-31(36-24-10-12-26(13-11-24)40-16-14-39(5)15-17-40)37-30(22)35-25-18-23(28-8-6-7-9-29(28)33)19-27(20-25)43(41,42)38-32(2,3)4/h6-13,18-21,38H,14-17H2,1-5H3,(H2,34,35,36,37). The Morgan fingerprint density at radius 1 is 0.884 bits per heavy atom. The summed E-state index contributed by atoms with van der Waals surface area (Å²) in [5, 5.41) is 6.50. The number of halogens is 1. The molecular weight excluding hydrogens is 565 g/mol. The van der Waals surface area contributed by atoms with Crippen molar-refractivity contribution in [3.63, 3.8) is 0 Å². The zero-order chi connectivity index (χ0) is 30.8. The van der Waals surface area contributed by atoms with Gasteiger partial charge in [-0.2, -0.15) is 4.98 Å². The molecule has 0 bridgehead atoms. The van der Waals surface area contributed by atoms with Crippen molar-refractivity contribution in [2.75, 3.05) is 48.8 Å². The van der Waals surface area contributed by atoms with Crippen molar-refractivity contribution in [2.24, 2.45) is 0 Å². The molecule has 2 heterocycles. The van der Waals surface area contributed by atoms with E-state index in [1.165, 1.54) is 23.9 Å². The smallest absolute Gasteiger partial charge is 0.241 e. The van der Waals surface area contributed by atoms with E-state index in [4.69, 9.17) is 0 Å². The van der Waals surface area contributed by atoms with Crippen molar-refractivity contribution in [1.82, 2.24) is 19.6 Å². The Morgan fingerprint density at radius 2 is 1.58 bits per heavy atom. The molecule has 5 rings (SSSR count). The van der Waals surface area contributed by atoms with Crippen molar-refractivity contribution < 1.29 is 12.8 Å². The minimum absolute atomic E-state index is 0.0103. The number of likely N-dealkylation sites (N-methyl/N-ethyl adjacent to an activating group) is 1. The molecule has 0 spiro atoms. The van der Waals surface area contributed by atoms with Gasteiger partial charge in [0, 0.05) is 66.1 Å². The van der Waals surface area contributed by atoms with Gasteiger partial charge in [-0.1, -0.05) is 18.2 Å². The molecule has 1 aliphatic rings. The average Bonchev–Trinajstić information content (AvgIpc) is 2.95. The van der Waals surface area contributed by atoms with E-state index in [-0.39, 0.29) is 4.90 Å². The second kappa shape index (κ2) is 12.3. The molecule has 9 nitrogen and oxygen atoms in total. The molecular formula is C32H38FN7O2S. The van der Waals surface area contributed by atoms with Crippen LogP contribution in [0.25, 0.3) is 11.1 Å². The highest BCUT2D eigenvalue weighted by Crippen LogP contribution is 2.31. The third-order valence-electron chi connectivity index (χ3n) is 7.07. The highest BCUT2D eigenvalue weighted by Gasteiger charge is 2.24. The van der Waals surface area contributed by atoms with Crippen LogP contribution in [0.15, 0.2) is 77.8 Å². The summed E-state index contributed by atoms with van der Waals surface area (Å²) in [7, 11) is -1.77. The van der Waals surface area contributed by atoms with Crippen LogP contribution in [0, 0.1) is 12.7 Å². The Bertz CT molecular complexity index is 1700. The van der Waals surface area contributed by atoms with Crippen LogP contribution in [0.5, 0.6) is 0 Å². The molecule has 0 amide bonds. The number of benzene rings is 3. The second-order valence-electron chi connectivity index (χ2n) is 11.9. The van der Waals surface area contributed by atoms with Crippen LogP contribution >= 0.6 is 0 Å². The van der Waals surface area contributed by atoms with Gasteiger partial charge in [0.25, 0.3) is 0 Å². The molecule has 0 saturated carbocycles. The Hall–Kier alpha value is -4.06. The summed E-state index contributed by atoms with van der Waals surface area (Å²) in [4.78, 5) is 13.8. The van der Waals surface area contributed by atoms with Crippen molar-refractivity contribution in [3.8, 4) is 11.1 Å². The van der Waals surface area contributed by atoms with E-state index in [0.717, 1.165) is 37.4 Å². The Morgan fingerprint density at radius 3 is 2.26 bits per heavy atom. The lowest BCUT2D eigenvalue weighted by molar-refractivity contribution is 0.313. The Balaban J connectivity index is 1.42. The van der Waals surface area contributed by atoms with Gasteiger partial charge in [0.1, 0.15) is 11.6 Å². The van der Waals surface area contributed by atoms with Gasteiger partial charge in [-0.15, -0.1) is 0 Å². The van der Waals surface area contributed by atoms with Gasteiger partial charge in [0.05, 0.1) is 4.90 Å². The quantitative estimate of drug-likeness (QED) is 0.229. The molecule has 1 saturated heterocycles. The summed E-state index contributed by atoms with van der Waals surface area (Å²) in [6, 6.07) is 19.2. The first-order valence-electron chi connectivity index (χ1n) is 14.2. The first kappa shape index (κ1) is 30.4. The van der Waals surface area contributed by atoms with Gasteiger partial charge in [0.2, 0.25) is 16.0 Å². The fourth-order valence-electron chi connectivity index (χ4n) is 4.85. The molecule has 0 atom stereocenters. The van der Waals surface area contributed by atoms with Gasteiger partial charge >= 0.3 is 0 Å². The zero-order valence-corrected chi connectivity index (χ0v) is 26.0. The lowest BCUT2D eigenvalue weighted by Crippen LogP contribution is -2.44. The number of nitrogens with zero attached hydrogens (tertiary/aromatic N) is 4. The lowest BCUT2D eigenvalue weighted by Gasteiger charge is -2.34. The number of sulfonamides is 1. The summed E-state index contributed by atoms with van der Waals surface area (Å²) in [5.41, 5.74) is 3.22. The van der Waals surface area contributed by atoms with E-state index in [2.05, 4.69) is 54.3 Å². The predicted octanol–water partition coefficient (Wildman–Crippen LogP) is 5.91. The number of hydrogen-bond acceptors (Lipinski definition) is 8. The summed E-state index contributed by atoms with van der Waals surface area (Å²) < 4.78 is 44.1. The van der Waals surface area contributed by atoms with E-state index in [0.29, 0.717) is 28.6 Å². The zero-order valence-electron chi connectivity index (χ0n) is 25.1. The van der Waals surface area contributed by atoms with E-state index in [9.17, 15) is 12.8 Å². The molecule has 4 aromatic rings. The van der Waals surface area contributed by atoms with E-state index >= 15 is 0 Å². The lowest BCUT2D eigenvalue weighted by atomic mass is 10.0. The maximum absolute atomic E-state index is 14.8. The minimum Gasteiger partial charge on any atom is -0.369 e. The topological polar surface area (TPSA) is 102 Å². The summed E-state index contributed by atoms with van der Waals surface area (Å²) in [6.45, 7) is 11.2. The molecule has 1 fully saturated rings. The van der Waals surface area contributed by atoms with Crippen LogP contribution in [0.3, 0.4) is 0 Å². The highest BCUT2D eigenvalue weighted by molar-refractivity contribution is 7.89. The monoisotopic (exact) mass is 603 g/mol. The van der Waals surface area contributed by atoms with Crippen LogP contribution in [0.1, 0.15) is 26.3 Å². The molecule has 1 aromatic heterocycles. The summed E-state index contributed by atoms with van der Waals surface area (Å²) in [6.07, 6.45) is 1.69. The van der Waals surface area contributed by atoms with Gasteiger partial charge in [0.15, 0.2) is 0 Å². The molecule has 0 unspecified atom stereocenters. The maximum atomic E-state index is 14.8. The predicted molar refractivity (Wildman–Crippen MR) is 171 cm³/mol. The van der Waals surface area contributed by atoms with Gasteiger partial charge < -0.3 is 20.4 Å². The van der Waals surface area contributed by atoms with E-state index < -0.39 is 21.4 Å². The van der Waals surface area contributed by atoms with Crippen LogP contribution in [-0.4, -0.2) is 62.1 Å². The molecule has 3 N–H and O–H groups in total. The van der Waals surface area contributed by atoms with Gasteiger partial charge in [-0.25, -0.2) is 22.5 Å². The SMILES string of the molecule is Cc1cnc(Nc2ccc(N3CCN(C)CC3)cc2)nc1Nc1cc(-c2ccccc2F)cc(S(=O)(=O)NC(C)(C)C)c1. The number of nitrogens with one attached hydrogen (secondary N) is 3. The maximum Gasteiger partial charge on any atom is 0.241 e. The van der Waals surface area contributed by atoms with E-state index in [1.54, 1.807) is 51.2 Å². The fourth-order valence-corrected chi connectivity index (χ4v) is 6.34. The highest BCUT2D eigenvalue weighted by atomic mass is 32.2. The first-order chi connectivity index (χ1) is 20.4. The largest absolute Gasteiger partial charge is 0.369 e. The molecule has 0 aliphatic carbocycles. The minimum atomic E-state index is -3.91. The Kier molecular flexibility index (Phi) is 8.68. The van der Waals surface area contributed by atoms with Gasteiger partial charge in [-0.3, -0.25) is 0 Å². The number of aryl methyl sites for hydroxylation is 1. The Labute approximate surface area is 253 Å². The molecule has 43 heavy (non-hydrogen) atoms. The normalized spacial score (nSPS) is 14.5. The molecule has 0 radical (unpaired) electrons. The fraction of sp³-hybridized carbons (Fsp3) is 0.312. The average molecular weight is 604 g/mol. The second-order valence-corrected chi connectivity index (χ2v) is 13.6. The van der Waals surface area contributed by atoms with Crippen LogP contribution in [0.4, 0.5) is 33.2 Å². The molecule has 11 heteroatoms. The van der Waals surface area contributed by atoms with Crippen molar-refractivity contribution >= 4 is 38.9 Å². The molecule has 1 aliphatic heterocycles. The van der Waals surface area contributed by atoms with Crippen LogP contribution < -0.4 is 20.3 Å². The number of rotatable bonds is 8. The molecule has 226 valence electrons. The number of piperazine rings is 1. The van der Waals surface area contributed by atoms with Crippen molar-refractivity contribution in [1.29, 1.82) is 0 Å².